The van der Waals surface area contributed by atoms with Gasteiger partial charge < -0.3 is 20.0 Å². The van der Waals surface area contributed by atoms with E-state index in [2.05, 4.69) is 62.0 Å². The largest absolute Gasteiger partial charge is 0.465 e. The molecule has 152 valence electrons. The number of nitrogens with one attached hydrogen (secondary N) is 3. The summed E-state index contributed by atoms with van der Waals surface area (Å²) in [5.41, 5.74) is 2.25. The lowest BCUT2D eigenvalue weighted by Gasteiger charge is -2.37. The van der Waals surface area contributed by atoms with Gasteiger partial charge >= 0.3 is 0 Å². The second-order valence-corrected chi connectivity index (χ2v) is 8.01. The second-order valence-electron chi connectivity index (χ2n) is 8.01. The number of aromatic nitrogens is 2. The highest BCUT2D eigenvalue weighted by molar-refractivity contribution is 5.90. The van der Waals surface area contributed by atoms with Gasteiger partial charge in [-0.1, -0.05) is 6.08 Å². The van der Waals surface area contributed by atoms with E-state index in [1.807, 2.05) is 13.0 Å². The number of hydrogen-bond donors (Lipinski definition) is 3. The number of likely N-dealkylation sites (N-methyl/N-ethyl adjacent to an activating group) is 1. The summed E-state index contributed by atoms with van der Waals surface area (Å²) in [6.45, 7) is 6.14. The molecule has 2 aromatic rings. The highest BCUT2D eigenvalue weighted by Crippen LogP contribution is 2.26. The molecule has 8 nitrogen and oxygen atoms in total. The molecule has 0 bridgehead atoms. The van der Waals surface area contributed by atoms with E-state index in [9.17, 15) is 0 Å². The first-order chi connectivity index (χ1) is 14.1. The summed E-state index contributed by atoms with van der Waals surface area (Å²) in [7, 11) is 2.17. The number of rotatable bonds is 4. The number of anilines is 1. The number of amidine groups is 1. The van der Waals surface area contributed by atoms with Crippen molar-refractivity contribution in [3.05, 3.63) is 53.4 Å². The molecule has 3 aliphatic rings. The first-order valence-electron chi connectivity index (χ1n) is 10.2. The number of piperazine rings is 1. The maximum Gasteiger partial charge on any atom is 0.153 e. The van der Waals surface area contributed by atoms with E-state index in [-0.39, 0.29) is 12.1 Å². The molecule has 0 amide bonds. The van der Waals surface area contributed by atoms with Gasteiger partial charge in [-0.15, -0.1) is 0 Å². The molecule has 5 rings (SSSR count). The number of nitrogens with zero attached hydrogens (tertiary/aromatic N) is 4. The van der Waals surface area contributed by atoms with Crippen LogP contribution in [-0.2, 0) is 6.42 Å². The third kappa shape index (κ3) is 3.86. The fourth-order valence-corrected chi connectivity index (χ4v) is 4.05. The fourth-order valence-electron chi connectivity index (χ4n) is 4.05. The molecule has 2 atom stereocenters. The average molecular weight is 393 g/mol. The summed E-state index contributed by atoms with van der Waals surface area (Å²) in [5, 5.41) is 14.2. The topological polar surface area (TPSA) is 84.7 Å². The third-order valence-corrected chi connectivity index (χ3v) is 5.78. The Labute approximate surface area is 170 Å². The molecule has 0 spiro atoms. The molecule has 2 aliphatic heterocycles. The van der Waals surface area contributed by atoms with Gasteiger partial charge in [0.15, 0.2) is 5.82 Å². The Hall–Kier alpha value is -2.84. The predicted molar refractivity (Wildman–Crippen MR) is 113 cm³/mol. The number of furan rings is 1. The van der Waals surface area contributed by atoms with Crippen LogP contribution in [0, 0.1) is 12.8 Å². The molecule has 0 radical (unpaired) electrons. The van der Waals surface area contributed by atoms with Crippen LogP contribution < -0.4 is 10.6 Å². The van der Waals surface area contributed by atoms with Crippen LogP contribution >= 0.6 is 0 Å². The summed E-state index contributed by atoms with van der Waals surface area (Å²) in [5.74, 6) is 3.86. The Morgan fingerprint density at radius 1 is 1.24 bits per heavy atom. The van der Waals surface area contributed by atoms with Crippen molar-refractivity contribution in [2.75, 3.05) is 38.5 Å². The minimum absolute atomic E-state index is 0.0154. The van der Waals surface area contributed by atoms with Crippen LogP contribution in [0.15, 0.2) is 45.8 Å². The lowest BCUT2D eigenvalue weighted by atomic mass is 9.92. The highest BCUT2D eigenvalue weighted by Gasteiger charge is 2.28. The van der Waals surface area contributed by atoms with Gasteiger partial charge in [0, 0.05) is 43.9 Å². The minimum atomic E-state index is 0.0154. The van der Waals surface area contributed by atoms with E-state index >= 15 is 0 Å². The van der Waals surface area contributed by atoms with Crippen LogP contribution in [0.25, 0.3) is 6.08 Å². The Morgan fingerprint density at radius 2 is 2.10 bits per heavy atom. The lowest BCUT2D eigenvalue weighted by Crippen LogP contribution is -2.50. The predicted octanol–water partition coefficient (Wildman–Crippen LogP) is 2.03. The van der Waals surface area contributed by atoms with Crippen LogP contribution in [0.4, 0.5) is 5.82 Å². The van der Waals surface area contributed by atoms with E-state index in [0.29, 0.717) is 0 Å². The zero-order valence-corrected chi connectivity index (χ0v) is 16.9. The first-order valence-corrected chi connectivity index (χ1v) is 10.2. The van der Waals surface area contributed by atoms with E-state index in [0.717, 1.165) is 61.5 Å². The molecular weight excluding hydrogens is 366 g/mol. The van der Waals surface area contributed by atoms with Gasteiger partial charge in [-0.05, 0) is 44.2 Å². The minimum Gasteiger partial charge on any atom is -0.465 e. The van der Waals surface area contributed by atoms with Crippen molar-refractivity contribution in [1.82, 2.24) is 25.3 Å². The van der Waals surface area contributed by atoms with E-state index in [1.54, 1.807) is 6.26 Å². The molecular formula is C21H27N7O. The zero-order chi connectivity index (χ0) is 19.8. The quantitative estimate of drug-likeness (QED) is 0.737. The van der Waals surface area contributed by atoms with Crippen LogP contribution in [0.1, 0.15) is 17.0 Å². The molecule has 1 aliphatic carbocycles. The Morgan fingerprint density at radius 3 is 2.90 bits per heavy atom. The fraction of sp³-hybridized carbons (Fsp3) is 0.429. The van der Waals surface area contributed by atoms with Crippen molar-refractivity contribution in [3.63, 3.8) is 0 Å². The van der Waals surface area contributed by atoms with E-state index < -0.39 is 0 Å². The van der Waals surface area contributed by atoms with Crippen molar-refractivity contribution < 1.29 is 4.42 Å². The zero-order valence-electron chi connectivity index (χ0n) is 16.9. The summed E-state index contributed by atoms with van der Waals surface area (Å²) in [6, 6.07) is 4.05. The molecule has 0 aromatic carbocycles. The number of hydrogen-bond acceptors (Lipinski definition) is 7. The number of H-pyrrole nitrogens is 1. The van der Waals surface area contributed by atoms with Gasteiger partial charge in [0.05, 0.1) is 6.26 Å². The Bertz CT molecular complexity index is 961. The Balaban J connectivity index is 1.39. The van der Waals surface area contributed by atoms with Crippen molar-refractivity contribution in [1.29, 1.82) is 0 Å². The van der Waals surface area contributed by atoms with Gasteiger partial charge in [0.2, 0.25) is 0 Å². The highest BCUT2D eigenvalue weighted by atomic mass is 16.3. The molecule has 3 N–H and O–H groups in total. The van der Waals surface area contributed by atoms with Crippen molar-refractivity contribution in [2.24, 2.45) is 10.9 Å². The monoisotopic (exact) mass is 393 g/mol. The van der Waals surface area contributed by atoms with Gasteiger partial charge in [0.1, 0.15) is 23.6 Å². The van der Waals surface area contributed by atoms with Gasteiger partial charge in [0.25, 0.3) is 0 Å². The van der Waals surface area contributed by atoms with Crippen LogP contribution in [-0.4, -0.2) is 65.2 Å². The second kappa shape index (κ2) is 7.53. The molecule has 4 heterocycles. The first kappa shape index (κ1) is 18.2. The summed E-state index contributed by atoms with van der Waals surface area (Å²) in [6.07, 6.45) is 9.06. The SMILES string of the molecule is Cc1cc(NC2=CC(N3CCN(C)CC3)N=C(C3C=Cc4occc4C3)N2)n[nH]1. The number of fused-ring (bicyclic) bond motifs is 1. The van der Waals surface area contributed by atoms with Crippen molar-refractivity contribution >= 4 is 17.7 Å². The number of aryl methyl sites for hydroxylation is 1. The van der Waals surface area contributed by atoms with Crippen molar-refractivity contribution in [2.45, 2.75) is 19.5 Å². The van der Waals surface area contributed by atoms with E-state index in [1.165, 1.54) is 5.56 Å². The molecule has 1 fully saturated rings. The summed E-state index contributed by atoms with van der Waals surface area (Å²) < 4.78 is 5.52. The standard InChI is InChI=1S/C21H27N7O/c1-14-11-19(26-25-14)22-18-13-20(28-8-6-27(2)7-9-28)24-21(23-18)16-3-4-17-15(12-16)5-10-29-17/h3-5,10-11,13,16,20H,6-9,12H2,1-2H3,(H,23,24)(H2,22,25,26). The smallest absolute Gasteiger partial charge is 0.153 e. The summed E-state index contributed by atoms with van der Waals surface area (Å²) >= 11 is 0. The lowest BCUT2D eigenvalue weighted by molar-refractivity contribution is 0.131. The number of aromatic amines is 1. The molecule has 1 saturated heterocycles. The normalized spacial score (nSPS) is 25.2. The third-order valence-electron chi connectivity index (χ3n) is 5.78. The molecule has 2 aromatic heterocycles. The molecule has 29 heavy (non-hydrogen) atoms. The maximum atomic E-state index is 5.52. The van der Waals surface area contributed by atoms with Crippen molar-refractivity contribution in [3.8, 4) is 0 Å². The van der Waals surface area contributed by atoms with Gasteiger partial charge in [-0.2, -0.15) is 5.10 Å². The average Bonchev–Trinajstić information content (AvgIpc) is 3.36. The van der Waals surface area contributed by atoms with Crippen LogP contribution in [0.2, 0.25) is 0 Å². The van der Waals surface area contributed by atoms with Crippen LogP contribution in [0.3, 0.4) is 0 Å². The van der Waals surface area contributed by atoms with Crippen LogP contribution in [0.5, 0.6) is 0 Å². The van der Waals surface area contributed by atoms with Gasteiger partial charge in [-0.3, -0.25) is 10.00 Å². The maximum absolute atomic E-state index is 5.52. The molecule has 8 heteroatoms. The number of aliphatic imine (C=N–C) groups is 1. The molecule has 2 unspecified atom stereocenters. The Kier molecular flexibility index (Phi) is 4.73. The van der Waals surface area contributed by atoms with E-state index in [4.69, 9.17) is 9.41 Å². The summed E-state index contributed by atoms with van der Waals surface area (Å²) in [4.78, 5) is 9.90. The van der Waals surface area contributed by atoms with Gasteiger partial charge in [-0.25, -0.2) is 4.99 Å². The molecule has 0 saturated carbocycles.